The van der Waals surface area contributed by atoms with Crippen LogP contribution in [0.5, 0.6) is 0 Å². The van der Waals surface area contributed by atoms with Gasteiger partial charge in [0.15, 0.2) is 0 Å². The van der Waals surface area contributed by atoms with Crippen LogP contribution in [-0.4, -0.2) is 12.5 Å². The molecule has 0 aliphatic carbocycles. The summed E-state index contributed by atoms with van der Waals surface area (Å²) in [6.45, 7) is 2.24. The molecule has 2 N–H and O–H groups in total. The van der Waals surface area contributed by atoms with Crippen molar-refractivity contribution >= 4 is 28.9 Å². The van der Waals surface area contributed by atoms with Crippen molar-refractivity contribution in [2.45, 2.75) is 19.5 Å². The van der Waals surface area contributed by atoms with E-state index in [4.69, 9.17) is 11.6 Å². The number of carbonyl (C=O) groups excluding carboxylic acids is 1. The molecule has 3 nitrogen and oxygen atoms in total. The van der Waals surface area contributed by atoms with Crippen LogP contribution in [-0.2, 0) is 11.0 Å². The Morgan fingerprint density at radius 1 is 1.17 bits per heavy atom. The van der Waals surface area contributed by atoms with Crippen molar-refractivity contribution in [1.29, 1.82) is 0 Å². The Bertz CT molecular complexity index is 732. The van der Waals surface area contributed by atoms with Crippen LogP contribution in [0, 0.1) is 6.92 Å². The molecule has 0 aliphatic rings. The fourth-order valence-electron chi connectivity index (χ4n) is 2.09. The minimum atomic E-state index is -4.44. The molecule has 7 heteroatoms. The van der Waals surface area contributed by atoms with E-state index < -0.39 is 11.7 Å². The Kier molecular flexibility index (Phi) is 5.72. The summed E-state index contributed by atoms with van der Waals surface area (Å²) in [5.74, 6) is -0.374. The van der Waals surface area contributed by atoms with Gasteiger partial charge in [-0.2, -0.15) is 13.2 Å². The first-order valence-corrected chi connectivity index (χ1v) is 7.60. The van der Waals surface area contributed by atoms with E-state index in [0.29, 0.717) is 11.6 Å². The highest BCUT2D eigenvalue weighted by molar-refractivity contribution is 6.30. The zero-order chi connectivity index (χ0) is 17.7. The number of amides is 1. The van der Waals surface area contributed by atoms with Crippen molar-refractivity contribution in [1.82, 2.24) is 0 Å². The number of hydrogen-bond donors (Lipinski definition) is 2. The van der Waals surface area contributed by atoms with E-state index in [1.165, 1.54) is 12.1 Å². The van der Waals surface area contributed by atoms with Crippen molar-refractivity contribution < 1.29 is 18.0 Å². The number of carbonyl (C=O) groups is 1. The van der Waals surface area contributed by atoms with Gasteiger partial charge in [0.1, 0.15) is 0 Å². The second kappa shape index (κ2) is 7.57. The summed E-state index contributed by atoms with van der Waals surface area (Å²) in [7, 11) is 0. The van der Waals surface area contributed by atoms with Crippen LogP contribution >= 0.6 is 11.6 Å². The number of hydrogen-bond acceptors (Lipinski definition) is 2. The molecule has 0 saturated heterocycles. The normalized spacial score (nSPS) is 11.2. The lowest BCUT2D eigenvalue weighted by Gasteiger charge is -2.11. The number of rotatable bonds is 5. The Morgan fingerprint density at radius 3 is 2.62 bits per heavy atom. The molecule has 0 bridgehead atoms. The summed E-state index contributed by atoms with van der Waals surface area (Å²) >= 11 is 5.91. The first-order valence-electron chi connectivity index (χ1n) is 7.23. The van der Waals surface area contributed by atoms with Crippen molar-refractivity contribution in [2.24, 2.45) is 0 Å². The van der Waals surface area contributed by atoms with Gasteiger partial charge in [-0.25, -0.2) is 0 Å². The van der Waals surface area contributed by atoms with Crippen LogP contribution in [0.15, 0.2) is 42.5 Å². The van der Waals surface area contributed by atoms with Gasteiger partial charge >= 0.3 is 6.18 Å². The number of alkyl halides is 3. The van der Waals surface area contributed by atoms with Gasteiger partial charge in [0.05, 0.1) is 5.56 Å². The van der Waals surface area contributed by atoms with Crippen LogP contribution in [0.4, 0.5) is 24.5 Å². The molecule has 128 valence electrons. The first kappa shape index (κ1) is 18.1. The average molecular weight is 357 g/mol. The Hall–Kier alpha value is -2.21. The molecule has 2 aromatic carbocycles. The van der Waals surface area contributed by atoms with Gasteiger partial charge in [-0.05, 0) is 42.8 Å². The van der Waals surface area contributed by atoms with Gasteiger partial charge in [-0.1, -0.05) is 23.7 Å². The van der Waals surface area contributed by atoms with Gasteiger partial charge < -0.3 is 10.6 Å². The molecule has 0 fully saturated rings. The van der Waals surface area contributed by atoms with Crippen LogP contribution in [0.2, 0.25) is 5.02 Å². The summed E-state index contributed by atoms with van der Waals surface area (Å²) in [4.78, 5) is 11.9. The predicted molar refractivity (Wildman–Crippen MR) is 89.4 cm³/mol. The molecular formula is C17H16ClF3N2O. The van der Waals surface area contributed by atoms with Gasteiger partial charge in [-0.15, -0.1) is 0 Å². The highest BCUT2D eigenvalue weighted by Gasteiger charge is 2.30. The lowest BCUT2D eigenvalue weighted by Crippen LogP contribution is -2.17. The average Bonchev–Trinajstić information content (AvgIpc) is 2.50. The lowest BCUT2D eigenvalue weighted by molar-refractivity contribution is -0.137. The Morgan fingerprint density at radius 2 is 1.92 bits per heavy atom. The maximum absolute atomic E-state index is 12.6. The summed E-state index contributed by atoms with van der Waals surface area (Å²) in [5, 5.41) is 6.12. The second-order valence-electron chi connectivity index (χ2n) is 5.26. The fourth-order valence-corrected chi connectivity index (χ4v) is 2.26. The highest BCUT2D eigenvalue weighted by atomic mass is 35.5. The zero-order valence-electron chi connectivity index (χ0n) is 12.9. The summed E-state index contributed by atoms with van der Waals surface area (Å²) in [5.41, 5.74) is 1.12. The van der Waals surface area contributed by atoms with E-state index in [9.17, 15) is 18.0 Å². The molecular weight excluding hydrogens is 341 g/mol. The number of anilines is 2. The summed E-state index contributed by atoms with van der Waals surface area (Å²) in [6, 6.07) is 9.91. The molecule has 0 atom stereocenters. The van der Waals surface area contributed by atoms with Gasteiger partial charge in [0.2, 0.25) is 5.91 Å². The van der Waals surface area contributed by atoms with Crippen molar-refractivity contribution in [3.63, 3.8) is 0 Å². The monoisotopic (exact) mass is 356 g/mol. The molecule has 0 unspecified atom stereocenters. The van der Waals surface area contributed by atoms with Crippen molar-refractivity contribution in [3.8, 4) is 0 Å². The minimum absolute atomic E-state index is 0.113. The van der Waals surface area contributed by atoms with Crippen LogP contribution in [0.3, 0.4) is 0 Å². The first-order chi connectivity index (χ1) is 11.3. The Balaban J connectivity index is 1.89. The largest absolute Gasteiger partial charge is 0.416 e. The van der Waals surface area contributed by atoms with E-state index in [1.807, 2.05) is 13.0 Å². The van der Waals surface area contributed by atoms with Crippen molar-refractivity contribution in [2.75, 3.05) is 17.2 Å². The smallest absolute Gasteiger partial charge is 0.384 e. The Labute approximate surface area is 142 Å². The molecule has 0 aromatic heterocycles. The second-order valence-corrected chi connectivity index (χ2v) is 5.70. The molecule has 0 saturated carbocycles. The third-order valence-corrected chi connectivity index (χ3v) is 3.58. The highest BCUT2D eigenvalue weighted by Crippen LogP contribution is 2.30. The van der Waals surface area contributed by atoms with Gasteiger partial charge in [0.25, 0.3) is 0 Å². The van der Waals surface area contributed by atoms with E-state index in [1.54, 1.807) is 12.1 Å². The third-order valence-electron chi connectivity index (χ3n) is 3.34. The summed E-state index contributed by atoms with van der Waals surface area (Å²) in [6.07, 6.45) is -4.32. The molecule has 24 heavy (non-hydrogen) atoms. The standard InChI is InChI=1S/C17H16ClF3N2O/c1-11-5-6-13(18)10-15(11)22-8-7-16(24)23-14-4-2-3-12(9-14)17(19,20)21/h2-6,9-10,22H,7-8H2,1H3,(H,23,24). The summed E-state index contributed by atoms with van der Waals surface area (Å²) < 4.78 is 37.9. The fraction of sp³-hybridized carbons (Fsp3) is 0.235. The molecule has 2 rings (SSSR count). The number of nitrogens with one attached hydrogen (secondary N) is 2. The predicted octanol–water partition coefficient (Wildman–Crippen LogP) is 5.11. The van der Waals surface area contributed by atoms with Crippen LogP contribution in [0.1, 0.15) is 17.5 Å². The van der Waals surface area contributed by atoms with E-state index in [2.05, 4.69) is 10.6 Å². The molecule has 0 aliphatic heterocycles. The van der Waals surface area contributed by atoms with E-state index in [-0.39, 0.29) is 18.0 Å². The zero-order valence-corrected chi connectivity index (χ0v) is 13.6. The van der Waals surface area contributed by atoms with Crippen molar-refractivity contribution in [3.05, 3.63) is 58.6 Å². The maximum atomic E-state index is 12.6. The minimum Gasteiger partial charge on any atom is -0.384 e. The maximum Gasteiger partial charge on any atom is 0.416 e. The molecule has 0 spiro atoms. The van der Waals surface area contributed by atoms with E-state index >= 15 is 0 Å². The van der Waals surface area contributed by atoms with Crippen LogP contribution in [0.25, 0.3) is 0 Å². The SMILES string of the molecule is Cc1ccc(Cl)cc1NCCC(=O)Nc1cccc(C(F)(F)F)c1. The number of benzene rings is 2. The quantitative estimate of drug-likeness (QED) is 0.781. The molecule has 0 heterocycles. The van der Waals surface area contributed by atoms with Crippen LogP contribution < -0.4 is 10.6 Å². The third kappa shape index (κ3) is 5.16. The molecule has 2 aromatic rings. The number of halogens is 4. The molecule has 0 radical (unpaired) electrons. The molecule has 1 amide bonds. The number of aryl methyl sites for hydroxylation is 1. The van der Waals surface area contributed by atoms with Gasteiger partial charge in [0, 0.05) is 29.4 Å². The van der Waals surface area contributed by atoms with E-state index in [0.717, 1.165) is 23.4 Å². The topological polar surface area (TPSA) is 41.1 Å². The lowest BCUT2D eigenvalue weighted by atomic mass is 10.2. The van der Waals surface area contributed by atoms with Gasteiger partial charge in [-0.3, -0.25) is 4.79 Å².